The molecule has 0 radical (unpaired) electrons. The number of aromatic nitrogens is 4. The summed E-state index contributed by atoms with van der Waals surface area (Å²) < 4.78 is 4.50. The smallest absolute Gasteiger partial charge is 0.367 e. The number of hydrogen-bond acceptors (Lipinski definition) is 2. The molecule has 286 valence electrons. The van der Waals surface area contributed by atoms with Crippen LogP contribution in [0, 0.1) is 12.1 Å². The van der Waals surface area contributed by atoms with Crippen molar-refractivity contribution in [2.24, 2.45) is 7.05 Å². The summed E-state index contributed by atoms with van der Waals surface area (Å²) in [6.07, 6.45) is 1.84. The summed E-state index contributed by atoms with van der Waals surface area (Å²) in [6, 6.07) is 76.4. The Bertz CT molecular complexity index is 3300. The van der Waals surface area contributed by atoms with Gasteiger partial charge in [0.2, 0.25) is 0 Å². The fourth-order valence-electron chi connectivity index (χ4n) is 8.39. The van der Waals surface area contributed by atoms with Crippen molar-refractivity contribution in [3.05, 3.63) is 212 Å². The summed E-state index contributed by atoms with van der Waals surface area (Å²) in [5, 5.41) is 2.24. The normalized spacial score (nSPS) is 11.3. The summed E-state index contributed by atoms with van der Waals surface area (Å²) in [5.41, 5.74) is 16.9. The molecule has 0 bridgehead atoms. The van der Waals surface area contributed by atoms with Gasteiger partial charge in [0.25, 0.3) is 0 Å². The SMILES string of the molecule is Cn1c(-c2[c-]c3c(cc2)c2cc(-c4ccc(-c5ccccc5)cc4)ccc2n3-c2[c-]c(-c3ccccn3)ccc2-c2ccc(-c3ccccc3)cc2)nc2ccccc21.[Pt+2]. The molecule has 60 heavy (non-hydrogen) atoms. The zero-order chi connectivity index (χ0) is 39.3. The molecule has 0 aliphatic heterocycles. The average molecular weight is 948 g/mol. The maximum Gasteiger partial charge on any atom is 2.00 e. The second-order valence-corrected chi connectivity index (χ2v) is 14.9. The molecule has 0 fully saturated rings. The van der Waals surface area contributed by atoms with E-state index in [1.54, 1.807) is 0 Å². The van der Waals surface area contributed by atoms with Gasteiger partial charge in [0.15, 0.2) is 0 Å². The van der Waals surface area contributed by atoms with E-state index >= 15 is 0 Å². The van der Waals surface area contributed by atoms with E-state index in [1.165, 1.54) is 22.3 Å². The van der Waals surface area contributed by atoms with Crippen molar-refractivity contribution >= 4 is 32.8 Å². The van der Waals surface area contributed by atoms with Crippen molar-refractivity contribution in [1.29, 1.82) is 0 Å². The Kier molecular flexibility index (Phi) is 9.64. The molecule has 0 saturated carbocycles. The van der Waals surface area contributed by atoms with E-state index in [2.05, 4.69) is 198 Å². The largest absolute Gasteiger partial charge is 2.00 e. The van der Waals surface area contributed by atoms with Crippen molar-refractivity contribution < 1.29 is 21.1 Å². The van der Waals surface area contributed by atoms with E-state index in [0.717, 1.165) is 83.4 Å². The third-order valence-corrected chi connectivity index (χ3v) is 11.4. The Morgan fingerprint density at radius 3 is 1.70 bits per heavy atom. The van der Waals surface area contributed by atoms with E-state index in [9.17, 15) is 0 Å². The minimum absolute atomic E-state index is 0. The van der Waals surface area contributed by atoms with E-state index in [0.29, 0.717) is 0 Å². The van der Waals surface area contributed by atoms with Crippen molar-refractivity contribution in [1.82, 2.24) is 19.1 Å². The van der Waals surface area contributed by atoms with Crippen LogP contribution in [0.5, 0.6) is 0 Å². The number of hydrogen-bond donors (Lipinski definition) is 0. The van der Waals surface area contributed by atoms with Crippen LogP contribution in [-0.2, 0) is 28.1 Å². The monoisotopic (exact) mass is 947 g/mol. The zero-order valence-electron chi connectivity index (χ0n) is 32.7. The molecule has 0 saturated heterocycles. The number of rotatable bonds is 7. The number of imidazole rings is 1. The predicted molar refractivity (Wildman–Crippen MR) is 243 cm³/mol. The number of para-hydroxylation sites is 2. The molecular formula is C55H36N4Pt. The summed E-state index contributed by atoms with van der Waals surface area (Å²) in [7, 11) is 2.08. The molecule has 0 aliphatic rings. The molecule has 3 aromatic heterocycles. The first kappa shape index (κ1) is 37.2. The van der Waals surface area contributed by atoms with Gasteiger partial charge in [-0.05, 0) is 79.9 Å². The van der Waals surface area contributed by atoms with Crippen molar-refractivity contribution in [3.63, 3.8) is 0 Å². The standard InChI is InChI=1S/C55H36N4.Pt/c1-58-52-18-9-8-17-50(52)57-55(58)45-28-31-47-48-34-43(41-21-19-39(20-22-41)37-12-4-2-5-13-37)29-32-51(48)59(54(47)36-45)53-35-44(49-16-10-11-33-56-49)27-30-46(53)42-25-23-40(24-26-42)38-14-6-3-7-15-38;/h2-34H,1H3;/q-2;+2. The van der Waals surface area contributed by atoms with E-state index < -0.39 is 0 Å². The molecule has 0 aliphatic carbocycles. The summed E-state index contributed by atoms with van der Waals surface area (Å²) in [4.78, 5) is 9.83. The van der Waals surface area contributed by atoms with Crippen LogP contribution in [0.25, 0.3) is 106 Å². The van der Waals surface area contributed by atoms with Crippen LogP contribution >= 0.6 is 0 Å². The average Bonchev–Trinajstić information content (AvgIpc) is 3.83. The quantitative estimate of drug-likeness (QED) is 0.149. The van der Waals surface area contributed by atoms with Crippen LogP contribution in [0.4, 0.5) is 0 Å². The zero-order valence-corrected chi connectivity index (χ0v) is 34.9. The third kappa shape index (κ3) is 6.56. The molecule has 0 spiro atoms. The van der Waals surface area contributed by atoms with Gasteiger partial charge in [-0.25, -0.2) is 0 Å². The summed E-state index contributed by atoms with van der Waals surface area (Å²) in [5.74, 6) is 0.868. The van der Waals surface area contributed by atoms with Crippen LogP contribution in [0.3, 0.4) is 0 Å². The van der Waals surface area contributed by atoms with E-state index in [-0.39, 0.29) is 21.1 Å². The van der Waals surface area contributed by atoms with E-state index in [1.807, 2.05) is 30.5 Å². The van der Waals surface area contributed by atoms with Gasteiger partial charge < -0.3 is 14.1 Å². The molecule has 0 atom stereocenters. The van der Waals surface area contributed by atoms with Crippen LogP contribution in [0.2, 0.25) is 0 Å². The topological polar surface area (TPSA) is 35.6 Å². The Hall–Kier alpha value is -7.13. The van der Waals surface area contributed by atoms with Crippen molar-refractivity contribution in [2.75, 3.05) is 0 Å². The minimum Gasteiger partial charge on any atom is -0.367 e. The number of fused-ring (bicyclic) bond motifs is 4. The third-order valence-electron chi connectivity index (χ3n) is 11.4. The molecule has 11 rings (SSSR count). The molecule has 3 heterocycles. The first-order chi connectivity index (χ1) is 29.2. The molecular weight excluding hydrogens is 912 g/mol. The number of benzene rings is 8. The van der Waals surface area contributed by atoms with Crippen LogP contribution < -0.4 is 0 Å². The second-order valence-electron chi connectivity index (χ2n) is 14.9. The van der Waals surface area contributed by atoms with Gasteiger partial charge in [0, 0.05) is 18.8 Å². The Balaban J connectivity index is 0.00000433. The molecule has 4 nitrogen and oxygen atoms in total. The van der Waals surface area contributed by atoms with Gasteiger partial charge in [-0.15, -0.1) is 47.5 Å². The van der Waals surface area contributed by atoms with Gasteiger partial charge in [0.1, 0.15) is 0 Å². The predicted octanol–water partition coefficient (Wildman–Crippen LogP) is 13.7. The summed E-state index contributed by atoms with van der Waals surface area (Å²) in [6.45, 7) is 0. The van der Waals surface area contributed by atoms with Gasteiger partial charge in [-0.2, -0.15) is 0 Å². The molecule has 8 aromatic carbocycles. The van der Waals surface area contributed by atoms with Gasteiger partial charge in [-0.1, -0.05) is 162 Å². The molecule has 11 aromatic rings. The Morgan fingerprint density at radius 1 is 0.450 bits per heavy atom. The molecule has 0 N–H and O–H groups in total. The Labute approximate surface area is 363 Å². The second kappa shape index (κ2) is 15.6. The van der Waals surface area contributed by atoms with Crippen molar-refractivity contribution in [3.8, 4) is 72.8 Å². The van der Waals surface area contributed by atoms with Gasteiger partial charge >= 0.3 is 21.1 Å². The minimum atomic E-state index is 0. The first-order valence-electron chi connectivity index (χ1n) is 19.9. The molecule has 0 amide bonds. The molecule has 0 unspecified atom stereocenters. The van der Waals surface area contributed by atoms with Crippen LogP contribution in [0.15, 0.2) is 200 Å². The maximum atomic E-state index is 5.09. The summed E-state index contributed by atoms with van der Waals surface area (Å²) >= 11 is 0. The first-order valence-corrected chi connectivity index (χ1v) is 19.9. The van der Waals surface area contributed by atoms with E-state index in [4.69, 9.17) is 9.97 Å². The number of pyridine rings is 1. The number of aryl methyl sites for hydroxylation is 1. The van der Waals surface area contributed by atoms with Gasteiger partial charge in [-0.3, -0.25) is 4.98 Å². The molecule has 5 heteroatoms. The Morgan fingerprint density at radius 2 is 1.03 bits per heavy atom. The van der Waals surface area contributed by atoms with Crippen LogP contribution in [0.1, 0.15) is 0 Å². The van der Waals surface area contributed by atoms with Crippen molar-refractivity contribution in [2.45, 2.75) is 0 Å². The van der Waals surface area contributed by atoms with Gasteiger partial charge in [0.05, 0.1) is 16.9 Å². The fourth-order valence-corrected chi connectivity index (χ4v) is 8.39. The number of nitrogens with zero attached hydrogens (tertiary/aromatic N) is 4. The fraction of sp³-hybridized carbons (Fsp3) is 0.0182. The van der Waals surface area contributed by atoms with Crippen LogP contribution in [-0.4, -0.2) is 19.1 Å². The maximum absolute atomic E-state index is 5.09.